The smallest absolute Gasteiger partial charge is 0.224 e. The lowest BCUT2D eigenvalue weighted by Crippen LogP contribution is -2.30. The van der Waals surface area contributed by atoms with Gasteiger partial charge in [0.15, 0.2) is 11.6 Å². The Bertz CT molecular complexity index is 465. The highest BCUT2D eigenvalue weighted by Gasteiger charge is 2.41. The third-order valence-electron chi connectivity index (χ3n) is 4.77. The van der Waals surface area contributed by atoms with E-state index in [9.17, 15) is 4.39 Å². The number of nitrogens with zero attached hydrogens (tertiary/aromatic N) is 2. The summed E-state index contributed by atoms with van der Waals surface area (Å²) in [6, 6.07) is 0.268. The van der Waals surface area contributed by atoms with E-state index in [-0.39, 0.29) is 11.9 Å². The molecule has 0 saturated heterocycles. The molecule has 19 heavy (non-hydrogen) atoms. The molecule has 2 saturated carbocycles. The maximum absolute atomic E-state index is 13.7. The molecule has 2 N–H and O–H groups in total. The van der Waals surface area contributed by atoms with Crippen molar-refractivity contribution in [3.8, 4) is 0 Å². The molecule has 2 aliphatic rings. The van der Waals surface area contributed by atoms with Crippen molar-refractivity contribution in [2.75, 3.05) is 17.7 Å². The molecule has 104 valence electrons. The van der Waals surface area contributed by atoms with E-state index >= 15 is 0 Å². The van der Waals surface area contributed by atoms with Gasteiger partial charge in [-0.05, 0) is 43.9 Å². The summed E-state index contributed by atoms with van der Waals surface area (Å²) in [5, 5.41) is 6.08. The second kappa shape index (κ2) is 4.94. The fourth-order valence-corrected chi connectivity index (χ4v) is 3.82. The van der Waals surface area contributed by atoms with Crippen LogP contribution in [0.3, 0.4) is 0 Å². The van der Waals surface area contributed by atoms with E-state index in [4.69, 9.17) is 0 Å². The molecule has 1 heterocycles. The average Bonchev–Trinajstić information content (AvgIpc) is 3.03. The van der Waals surface area contributed by atoms with Crippen LogP contribution in [0.4, 0.5) is 16.2 Å². The number of anilines is 2. The molecule has 4 atom stereocenters. The summed E-state index contributed by atoms with van der Waals surface area (Å²) in [7, 11) is 1.73. The molecule has 3 rings (SSSR count). The van der Waals surface area contributed by atoms with Crippen LogP contribution in [0, 0.1) is 23.6 Å². The Balaban J connectivity index is 1.70. The van der Waals surface area contributed by atoms with Crippen LogP contribution in [-0.4, -0.2) is 23.1 Å². The molecule has 0 aliphatic heterocycles. The molecule has 0 amide bonds. The van der Waals surface area contributed by atoms with Gasteiger partial charge < -0.3 is 10.6 Å². The molecule has 5 heteroatoms. The molecule has 1 aromatic rings. The van der Waals surface area contributed by atoms with Gasteiger partial charge in [0.1, 0.15) is 0 Å². The Morgan fingerprint density at radius 2 is 2.21 bits per heavy atom. The largest absolute Gasteiger partial charge is 0.365 e. The second-order valence-electron chi connectivity index (χ2n) is 5.91. The number of aromatic nitrogens is 2. The van der Waals surface area contributed by atoms with Gasteiger partial charge in [0.05, 0.1) is 6.20 Å². The second-order valence-corrected chi connectivity index (χ2v) is 5.91. The maximum atomic E-state index is 13.7. The standard InChI is InChI=1S/C14H21FN4/c1-8(11-6-9-3-4-10(11)5-9)18-13-12(15)7-17-14(16-2)19-13/h7-11H,3-6H2,1-2H3,(H2,16,17,18,19). The van der Waals surface area contributed by atoms with Crippen molar-refractivity contribution < 1.29 is 4.39 Å². The Morgan fingerprint density at radius 1 is 1.37 bits per heavy atom. The fourth-order valence-electron chi connectivity index (χ4n) is 3.82. The van der Waals surface area contributed by atoms with Crippen LogP contribution >= 0.6 is 0 Å². The average molecular weight is 264 g/mol. The zero-order valence-corrected chi connectivity index (χ0v) is 11.5. The lowest BCUT2D eigenvalue weighted by atomic mass is 9.84. The van der Waals surface area contributed by atoms with Crippen LogP contribution in [0.2, 0.25) is 0 Å². The molecule has 2 aliphatic carbocycles. The highest BCUT2D eigenvalue weighted by atomic mass is 19.1. The predicted octanol–water partition coefficient (Wildman–Crippen LogP) is 2.89. The highest BCUT2D eigenvalue weighted by Crippen LogP contribution is 2.49. The van der Waals surface area contributed by atoms with Crippen molar-refractivity contribution in [3.63, 3.8) is 0 Å². The van der Waals surface area contributed by atoms with Crippen LogP contribution in [0.5, 0.6) is 0 Å². The van der Waals surface area contributed by atoms with Crippen LogP contribution in [0.1, 0.15) is 32.6 Å². The first kappa shape index (κ1) is 12.6. The summed E-state index contributed by atoms with van der Waals surface area (Å²) in [5.74, 6) is 2.77. The topological polar surface area (TPSA) is 49.8 Å². The van der Waals surface area contributed by atoms with E-state index in [0.29, 0.717) is 17.7 Å². The van der Waals surface area contributed by atoms with Crippen molar-refractivity contribution in [1.29, 1.82) is 0 Å². The number of halogens is 1. The third-order valence-corrected chi connectivity index (χ3v) is 4.77. The summed E-state index contributed by atoms with van der Waals surface area (Å²) < 4.78 is 13.7. The van der Waals surface area contributed by atoms with Gasteiger partial charge >= 0.3 is 0 Å². The van der Waals surface area contributed by atoms with Crippen molar-refractivity contribution in [3.05, 3.63) is 12.0 Å². The summed E-state index contributed by atoms with van der Waals surface area (Å²) in [4.78, 5) is 8.02. The highest BCUT2D eigenvalue weighted by molar-refractivity contribution is 5.41. The summed E-state index contributed by atoms with van der Waals surface area (Å²) >= 11 is 0. The van der Waals surface area contributed by atoms with Crippen molar-refractivity contribution >= 4 is 11.8 Å². The lowest BCUT2D eigenvalue weighted by Gasteiger charge is -2.29. The molecule has 2 bridgehead atoms. The Labute approximate surface area is 113 Å². The van der Waals surface area contributed by atoms with E-state index in [0.717, 1.165) is 11.8 Å². The third kappa shape index (κ3) is 2.38. The molecular formula is C14H21FN4. The van der Waals surface area contributed by atoms with Crippen LogP contribution in [0.25, 0.3) is 0 Å². The molecule has 2 fully saturated rings. The minimum Gasteiger partial charge on any atom is -0.365 e. The van der Waals surface area contributed by atoms with Crippen molar-refractivity contribution in [2.24, 2.45) is 17.8 Å². The van der Waals surface area contributed by atoms with Gasteiger partial charge in [-0.15, -0.1) is 0 Å². The number of nitrogens with one attached hydrogen (secondary N) is 2. The van der Waals surface area contributed by atoms with Crippen molar-refractivity contribution in [2.45, 2.75) is 38.6 Å². The Morgan fingerprint density at radius 3 is 2.84 bits per heavy atom. The van der Waals surface area contributed by atoms with Gasteiger partial charge in [0.2, 0.25) is 5.95 Å². The normalized spacial score (nSPS) is 30.4. The van der Waals surface area contributed by atoms with Gasteiger partial charge in [-0.1, -0.05) is 6.42 Å². The van der Waals surface area contributed by atoms with Gasteiger partial charge in [-0.25, -0.2) is 9.37 Å². The Kier molecular flexibility index (Phi) is 3.29. The molecule has 0 spiro atoms. The number of hydrogen-bond acceptors (Lipinski definition) is 4. The summed E-state index contributed by atoms with van der Waals surface area (Å²) in [6.07, 6.45) is 6.60. The molecular weight excluding hydrogens is 243 g/mol. The van der Waals surface area contributed by atoms with Crippen LogP contribution in [0.15, 0.2) is 6.20 Å². The van der Waals surface area contributed by atoms with E-state index in [2.05, 4.69) is 27.5 Å². The van der Waals surface area contributed by atoms with Gasteiger partial charge in [0.25, 0.3) is 0 Å². The quantitative estimate of drug-likeness (QED) is 0.878. The minimum atomic E-state index is -0.381. The zero-order chi connectivity index (χ0) is 13.4. The number of rotatable bonds is 4. The van der Waals surface area contributed by atoms with E-state index in [1.54, 1.807) is 7.05 Å². The SMILES string of the molecule is CNc1ncc(F)c(NC(C)C2CC3CCC2C3)n1. The van der Waals surface area contributed by atoms with Gasteiger partial charge in [-0.3, -0.25) is 0 Å². The molecule has 4 nitrogen and oxygen atoms in total. The lowest BCUT2D eigenvalue weighted by molar-refractivity contribution is 0.303. The van der Waals surface area contributed by atoms with Gasteiger partial charge in [0, 0.05) is 13.1 Å². The van der Waals surface area contributed by atoms with E-state index in [1.165, 1.54) is 31.9 Å². The van der Waals surface area contributed by atoms with E-state index in [1.807, 2.05) is 0 Å². The minimum absolute atomic E-state index is 0.268. The predicted molar refractivity (Wildman–Crippen MR) is 73.6 cm³/mol. The van der Waals surface area contributed by atoms with Crippen molar-refractivity contribution in [1.82, 2.24) is 9.97 Å². The molecule has 0 aromatic carbocycles. The fraction of sp³-hybridized carbons (Fsp3) is 0.714. The van der Waals surface area contributed by atoms with Crippen LogP contribution in [-0.2, 0) is 0 Å². The van der Waals surface area contributed by atoms with Gasteiger partial charge in [-0.2, -0.15) is 4.98 Å². The first-order valence-corrected chi connectivity index (χ1v) is 7.14. The van der Waals surface area contributed by atoms with Crippen LogP contribution < -0.4 is 10.6 Å². The Hall–Kier alpha value is -1.39. The molecule has 4 unspecified atom stereocenters. The zero-order valence-electron chi connectivity index (χ0n) is 11.5. The number of hydrogen-bond donors (Lipinski definition) is 2. The first-order valence-electron chi connectivity index (χ1n) is 7.14. The summed E-state index contributed by atoms with van der Waals surface area (Å²) in [5.41, 5.74) is 0. The monoisotopic (exact) mass is 264 g/mol. The number of fused-ring (bicyclic) bond motifs is 2. The molecule has 1 aromatic heterocycles. The van der Waals surface area contributed by atoms with E-state index < -0.39 is 0 Å². The first-order chi connectivity index (χ1) is 9.17. The summed E-state index contributed by atoms with van der Waals surface area (Å²) in [6.45, 7) is 2.14. The maximum Gasteiger partial charge on any atom is 0.224 e. The molecule has 0 radical (unpaired) electrons.